The van der Waals surface area contributed by atoms with E-state index in [-0.39, 0.29) is 10.9 Å². The van der Waals surface area contributed by atoms with Gasteiger partial charge in [-0.1, -0.05) is 0 Å². The molecule has 8 heteroatoms. The maximum atomic E-state index is 13.5. The van der Waals surface area contributed by atoms with Crippen LogP contribution in [0.25, 0.3) is 21.8 Å². The predicted molar refractivity (Wildman–Crippen MR) is 110 cm³/mol. The summed E-state index contributed by atoms with van der Waals surface area (Å²) in [4.78, 5) is 44.7. The largest absolute Gasteiger partial charge is 0.465 e. The molecule has 4 aromatic rings. The van der Waals surface area contributed by atoms with E-state index in [4.69, 9.17) is 4.74 Å². The van der Waals surface area contributed by atoms with Crippen LogP contribution in [0.4, 0.5) is 10.1 Å². The lowest BCUT2D eigenvalue weighted by molar-refractivity contribution is 0.0601. The minimum Gasteiger partial charge on any atom is -0.465 e. The van der Waals surface area contributed by atoms with Gasteiger partial charge in [0.1, 0.15) is 11.4 Å². The van der Waals surface area contributed by atoms with Crippen molar-refractivity contribution in [3.63, 3.8) is 0 Å². The van der Waals surface area contributed by atoms with Gasteiger partial charge in [0.05, 0.1) is 23.9 Å². The molecule has 0 radical (unpaired) electrons. The minimum atomic E-state index is -0.669. The number of methoxy groups -OCH3 is 1. The summed E-state index contributed by atoms with van der Waals surface area (Å²) < 4.78 is 18.3. The first-order valence-electron chi connectivity index (χ1n) is 8.99. The Kier molecular flexibility index (Phi) is 4.75. The van der Waals surface area contributed by atoms with Crippen LogP contribution in [-0.2, 0) is 4.74 Å². The second-order valence-corrected chi connectivity index (χ2v) is 6.71. The zero-order valence-electron chi connectivity index (χ0n) is 16.1. The third kappa shape index (κ3) is 3.39. The number of ether oxygens (including phenoxy) is 1. The lowest BCUT2D eigenvalue weighted by atomic mass is 10.1. The average Bonchev–Trinajstić information content (AvgIpc) is 2.73. The van der Waals surface area contributed by atoms with E-state index in [9.17, 15) is 18.8 Å². The Morgan fingerprint density at radius 2 is 1.90 bits per heavy atom. The number of hydrogen-bond acceptors (Lipinski definition) is 5. The maximum Gasteiger partial charge on any atom is 0.337 e. The number of nitrogens with zero attached hydrogens (tertiary/aromatic N) is 1. The van der Waals surface area contributed by atoms with E-state index in [0.717, 1.165) is 6.07 Å². The number of esters is 1. The molecule has 0 aliphatic rings. The number of benzene rings is 2. The number of anilines is 1. The van der Waals surface area contributed by atoms with E-state index in [0.29, 0.717) is 33.4 Å². The van der Waals surface area contributed by atoms with Gasteiger partial charge in [0.15, 0.2) is 0 Å². The van der Waals surface area contributed by atoms with Crippen LogP contribution in [0.3, 0.4) is 0 Å². The monoisotopic (exact) mass is 405 g/mol. The van der Waals surface area contributed by atoms with Gasteiger partial charge in [-0.15, -0.1) is 0 Å². The number of rotatable bonds is 3. The Bertz CT molecular complexity index is 1390. The number of pyridine rings is 2. The summed E-state index contributed by atoms with van der Waals surface area (Å²) in [5.41, 5.74) is 1.54. The van der Waals surface area contributed by atoms with Gasteiger partial charge < -0.3 is 15.0 Å². The Hall–Kier alpha value is -4.07. The average molecular weight is 405 g/mol. The fourth-order valence-corrected chi connectivity index (χ4v) is 3.26. The van der Waals surface area contributed by atoms with Gasteiger partial charge in [0, 0.05) is 28.2 Å². The highest BCUT2D eigenvalue weighted by Gasteiger charge is 2.16. The molecule has 1 amide bonds. The van der Waals surface area contributed by atoms with Crippen LogP contribution in [-0.4, -0.2) is 29.0 Å². The van der Waals surface area contributed by atoms with Crippen LogP contribution < -0.4 is 10.7 Å². The lowest BCUT2D eigenvalue weighted by Crippen LogP contribution is -2.22. The van der Waals surface area contributed by atoms with E-state index < -0.39 is 23.1 Å². The van der Waals surface area contributed by atoms with E-state index >= 15 is 0 Å². The third-order valence-corrected chi connectivity index (χ3v) is 4.69. The van der Waals surface area contributed by atoms with Crippen molar-refractivity contribution < 1.29 is 18.7 Å². The van der Waals surface area contributed by atoms with Gasteiger partial charge in [0.2, 0.25) is 5.43 Å². The standard InChI is InChI=1S/C22H16FN3O4/c1-11-7-19(14-8-12(22(29)30-2)3-5-18(14)25-11)26-21(28)16-10-24-17-6-4-13(23)9-15(17)20(16)27/h3-10H,1-2H3,(H,24,27)(H,25,26,28). The molecule has 0 aliphatic heterocycles. The summed E-state index contributed by atoms with van der Waals surface area (Å²) in [6, 6.07) is 10.2. The van der Waals surface area contributed by atoms with Crippen molar-refractivity contribution in [2.24, 2.45) is 0 Å². The number of amides is 1. The van der Waals surface area contributed by atoms with E-state index in [1.807, 2.05) is 0 Å². The molecule has 7 nitrogen and oxygen atoms in total. The Labute approximate surface area is 169 Å². The van der Waals surface area contributed by atoms with Crippen molar-refractivity contribution in [1.29, 1.82) is 0 Å². The summed E-state index contributed by atoms with van der Waals surface area (Å²) >= 11 is 0. The number of fused-ring (bicyclic) bond motifs is 2. The highest BCUT2D eigenvalue weighted by atomic mass is 19.1. The molecular weight excluding hydrogens is 389 g/mol. The predicted octanol–water partition coefficient (Wildman–Crippen LogP) is 3.56. The van der Waals surface area contributed by atoms with E-state index in [2.05, 4.69) is 15.3 Å². The zero-order valence-corrected chi connectivity index (χ0v) is 16.1. The summed E-state index contributed by atoms with van der Waals surface area (Å²) in [7, 11) is 1.28. The Balaban J connectivity index is 1.79. The SMILES string of the molecule is COC(=O)c1ccc2nc(C)cc(NC(=O)c3c[nH]c4ccc(F)cc4c3=O)c2c1. The van der Waals surface area contributed by atoms with Crippen LogP contribution in [0.5, 0.6) is 0 Å². The molecule has 2 aromatic heterocycles. The second-order valence-electron chi connectivity index (χ2n) is 6.71. The zero-order chi connectivity index (χ0) is 21.4. The van der Waals surface area contributed by atoms with Crippen LogP contribution >= 0.6 is 0 Å². The second kappa shape index (κ2) is 7.40. The van der Waals surface area contributed by atoms with Gasteiger partial charge in [-0.2, -0.15) is 0 Å². The van der Waals surface area contributed by atoms with Crippen LogP contribution in [0.15, 0.2) is 53.5 Å². The van der Waals surface area contributed by atoms with Crippen molar-refractivity contribution in [3.8, 4) is 0 Å². The molecule has 0 aliphatic carbocycles. The van der Waals surface area contributed by atoms with Crippen LogP contribution in [0, 0.1) is 12.7 Å². The quantitative estimate of drug-likeness (QED) is 0.508. The van der Waals surface area contributed by atoms with Crippen molar-refractivity contribution >= 4 is 39.4 Å². The molecule has 0 atom stereocenters. The van der Waals surface area contributed by atoms with Crippen molar-refractivity contribution in [2.75, 3.05) is 12.4 Å². The maximum absolute atomic E-state index is 13.5. The number of aromatic amines is 1. The first kappa shape index (κ1) is 19.3. The molecule has 4 rings (SSSR count). The topological polar surface area (TPSA) is 101 Å². The van der Waals surface area contributed by atoms with Gasteiger partial charge >= 0.3 is 5.97 Å². The number of aryl methyl sites for hydroxylation is 1. The molecule has 0 saturated carbocycles. The van der Waals surface area contributed by atoms with Crippen LogP contribution in [0.2, 0.25) is 0 Å². The number of halogens is 1. The molecular formula is C22H16FN3O4. The Morgan fingerprint density at radius 1 is 1.10 bits per heavy atom. The van der Waals surface area contributed by atoms with Gasteiger partial charge in [-0.3, -0.25) is 14.6 Å². The molecule has 2 heterocycles. The first-order valence-corrected chi connectivity index (χ1v) is 8.99. The summed E-state index contributed by atoms with van der Waals surface area (Å²) in [6.45, 7) is 1.76. The third-order valence-electron chi connectivity index (χ3n) is 4.69. The minimum absolute atomic E-state index is 0.0754. The van der Waals surface area contributed by atoms with Crippen LogP contribution in [0.1, 0.15) is 26.4 Å². The number of carbonyl (C=O) groups excluding carboxylic acids is 2. The lowest BCUT2D eigenvalue weighted by Gasteiger charge is -2.11. The van der Waals surface area contributed by atoms with Crippen molar-refractivity contribution in [1.82, 2.24) is 9.97 Å². The highest BCUT2D eigenvalue weighted by molar-refractivity contribution is 6.10. The molecule has 0 fully saturated rings. The fraction of sp³-hybridized carbons (Fsp3) is 0.0909. The molecule has 0 spiro atoms. The number of nitrogens with one attached hydrogen (secondary N) is 2. The number of carbonyl (C=O) groups is 2. The van der Waals surface area contributed by atoms with Gasteiger partial charge in [-0.25, -0.2) is 9.18 Å². The van der Waals surface area contributed by atoms with Crippen molar-refractivity contribution in [3.05, 3.63) is 81.5 Å². The summed E-state index contributed by atoms with van der Waals surface area (Å²) in [5, 5.41) is 3.29. The summed E-state index contributed by atoms with van der Waals surface area (Å²) in [6.07, 6.45) is 1.29. The number of H-pyrrole nitrogens is 1. The molecule has 30 heavy (non-hydrogen) atoms. The number of hydrogen-bond donors (Lipinski definition) is 2. The van der Waals surface area contributed by atoms with Gasteiger partial charge in [-0.05, 0) is 49.4 Å². The Morgan fingerprint density at radius 3 is 2.67 bits per heavy atom. The molecule has 2 N–H and O–H groups in total. The molecule has 0 bridgehead atoms. The fourth-order valence-electron chi connectivity index (χ4n) is 3.26. The van der Waals surface area contributed by atoms with Crippen molar-refractivity contribution in [2.45, 2.75) is 6.92 Å². The number of aromatic nitrogens is 2. The normalized spacial score (nSPS) is 10.9. The molecule has 0 saturated heterocycles. The first-order chi connectivity index (χ1) is 14.4. The molecule has 2 aromatic carbocycles. The van der Waals surface area contributed by atoms with E-state index in [1.54, 1.807) is 31.2 Å². The van der Waals surface area contributed by atoms with Gasteiger partial charge in [0.25, 0.3) is 5.91 Å². The molecule has 150 valence electrons. The smallest absolute Gasteiger partial charge is 0.337 e. The van der Waals surface area contributed by atoms with E-state index in [1.165, 1.54) is 25.4 Å². The summed E-state index contributed by atoms with van der Waals surface area (Å²) in [5.74, 6) is -1.77. The highest BCUT2D eigenvalue weighted by Crippen LogP contribution is 2.25. The molecule has 0 unspecified atom stereocenters.